The van der Waals surface area contributed by atoms with Gasteiger partial charge in [-0.3, -0.25) is 0 Å². The highest BCUT2D eigenvalue weighted by Gasteiger charge is 2.38. The Bertz CT molecular complexity index is 578. The van der Waals surface area contributed by atoms with Crippen LogP contribution in [0.15, 0.2) is 24.3 Å². The molecule has 0 N–H and O–H groups in total. The molecule has 0 atom stereocenters. The van der Waals surface area contributed by atoms with Gasteiger partial charge in [0, 0.05) is 5.41 Å². The third kappa shape index (κ3) is 4.43. The largest absolute Gasteiger partial charge is 0.461 e. The summed E-state index contributed by atoms with van der Waals surface area (Å²) in [5.41, 5.74) is 1.59. The second-order valence-corrected chi connectivity index (χ2v) is 7.49. The summed E-state index contributed by atoms with van der Waals surface area (Å²) >= 11 is 0. The van der Waals surface area contributed by atoms with Gasteiger partial charge in [-0.1, -0.05) is 26.0 Å². The molecule has 6 nitrogen and oxygen atoms in total. The highest BCUT2D eigenvalue weighted by Crippen LogP contribution is 2.32. The van der Waals surface area contributed by atoms with Crippen molar-refractivity contribution in [1.82, 2.24) is 0 Å². The van der Waals surface area contributed by atoms with Crippen LogP contribution in [0.1, 0.15) is 42.6 Å². The first-order chi connectivity index (χ1) is 12.6. The smallest absolute Gasteiger partial charge is 0.338 e. The third-order valence-electron chi connectivity index (χ3n) is 5.51. The zero-order valence-corrected chi connectivity index (χ0v) is 15.6. The number of rotatable bonds is 10. The summed E-state index contributed by atoms with van der Waals surface area (Å²) in [6, 6.07) is 7.21. The maximum Gasteiger partial charge on any atom is 0.338 e. The van der Waals surface area contributed by atoms with E-state index in [1.807, 2.05) is 12.1 Å². The summed E-state index contributed by atoms with van der Waals surface area (Å²) < 4.78 is 15.9. The van der Waals surface area contributed by atoms with Gasteiger partial charge in [-0.15, -0.1) is 0 Å². The van der Waals surface area contributed by atoms with Crippen LogP contribution < -0.4 is 0 Å². The normalized spacial score (nSPS) is 20.1. The van der Waals surface area contributed by atoms with E-state index in [-0.39, 0.29) is 16.8 Å². The van der Waals surface area contributed by atoms with Gasteiger partial charge in [0.15, 0.2) is 0 Å². The van der Waals surface area contributed by atoms with Crippen LogP contribution in [0.3, 0.4) is 0 Å². The molecule has 2 aliphatic heterocycles. The number of benzene rings is 1. The molecule has 0 bridgehead atoms. The van der Waals surface area contributed by atoms with Crippen LogP contribution in [0, 0.1) is 10.8 Å². The molecule has 26 heavy (non-hydrogen) atoms. The first-order valence-corrected chi connectivity index (χ1v) is 9.26. The van der Waals surface area contributed by atoms with Crippen LogP contribution in [0.5, 0.6) is 0 Å². The van der Waals surface area contributed by atoms with E-state index in [4.69, 9.17) is 24.0 Å². The van der Waals surface area contributed by atoms with E-state index in [2.05, 4.69) is 13.8 Å². The Morgan fingerprint density at radius 2 is 1.50 bits per heavy atom. The Morgan fingerprint density at radius 1 is 0.923 bits per heavy atom. The van der Waals surface area contributed by atoms with E-state index in [9.17, 15) is 4.79 Å². The number of carbonyl (C=O) groups is 1. The lowest BCUT2D eigenvalue weighted by Gasteiger charge is -2.39. The lowest BCUT2D eigenvalue weighted by Crippen LogP contribution is -2.46. The van der Waals surface area contributed by atoms with E-state index >= 15 is 0 Å². The monoisotopic (exact) mass is 364 g/mol. The van der Waals surface area contributed by atoms with E-state index in [0.717, 1.165) is 31.6 Å². The minimum Gasteiger partial charge on any atom is -0.461 e. The van der Waals surface area contributed by atoms with Crippen LogP contribution >= 0.6 is 0 Å². The molecule has 0 unspecified atom stereocenters. The Labute approximate surface area is 154 Å². The summed E-state index contributed by atoms with van der Waals surface area (Å²) in [6.07, 6.45) is 1.96. The average molecular weight is 364 g/mol. The van der Waals surface area contributed by atoms with Gasteiger partial charge in [0.2, 0.25) is 0 Å². The zero-order chi connectivity index (χ0) is 18.5. The maximum atomic E-state index is 12.2. The molecule has 6 heteroatoms. The molecular formula is C20H28O6. The van der Waals surface area contributed by atoms with Crippen molar-refractivity contribution in [2.75, 3.05) is 39.6 Å². The predicted molar refractivity (Wildman–Crippen MR) is 94.6 cm³/mol. The fourth-order valence-corrected chi connectivity index (χ4v) is 2.88. The number of carbonyl (C=O) groups excluding carboxylic acids is 1. The zero-order valence-electron chi connectivity index (χ0n) is 15.6. The van der Waals surface area contributed by atoms with Gasteiger partial charge >= 0.3 is 5.97 Å². The molecule has 0 spiro atoms. The van der Waals surface area contributed by atoms with Crippen LogP contribution in [0.25, 0.3) is 0 Å². The van der Waals surface area contributed by atoms with E-state index in [1.165, 1.54) is 0 Å². The van der Waals surface area contributed by atoms with Crippen LogP contribution in [-0.4, -0.2) is 45.6 Å². The van der Waals surface area contributed by atoms with Gasteiger partial charge in [-0.05, 0) is 30.5 Å². The van der Waals surface area contributed by atoms with E-state index < -0.39 is 0 Å². The van der Waals surface area contributed by atoms with Crippen molar-refractivity contribution >= 4 is 5.97 Å². The average Bonchev–Trinajstić information content (AvgIpc) is 2.60. The number of esters is 1. The Hall–Kier alpha value is -1.47. The van der Waals surface area contributed by atoms with Crippen LogP contribution in [0.4, 0.5) is 0 Å². The molecule has 144 valence electrons. The van der Waals surface area contributed by atoms with Crippen molar-refractivity contribution in [3.63, 3.8) is 0 Å². The van der Waals surface area contributed by atoms with Gasteiger partial charge in [0.25, 0.3) is 0 Å². The summed E-state index contributed by atoms with van der Waals surface area (Å²) in [7, 11) is 0. The molecule has 0 amide bonds. The molecule has 0 aliphatic carbocycles. The first kappa shape index (κ1) is 19.3. The molecule has 2 saturated heterocycles. The fraction of sp³-hybridized carbons (Fsp3) is 0.650. The van der Waals surface area contributed by atoms with Crippen molar-refractivity contribution in [2.24, 2.45) is 10.8 Å². The number of hydrogen-bond acceptors (Lipinski definition) is 6. The molecule has 2 heterocycles. The quantitative estimate of drug-likeness (QED) is 0.275. The summed E-state index contributed by atoms with van der Waals surface area (Å²) in [5, 5.41) is 0. The molecule has 1 aromatic carbocycles. The molecule has 0 saturated carbocycles. The minimum absolute atomic E-state index is 0.00209. The number of ether oxygens (including phenoxy) is 3. The molecule has 2 aliphatic rings. The van der Waals surface area contributed by atoms with E-state index in [1.54, 1.807) is 12.1 Å². The van der Waals surface area contributed by atoms with Gasteiger partial charge in [-0.2, -0.15) is 0 Å². The molecule has 1 aromatic rings. The third-order valence-corrected chi connectivity index (χ3v) is 5.51. The topological polar surface area (TPSA) is 63.2 Å². The minimum atomic E-state index is -0.302. The maximum absolute atomic E-state index is 12.2. The van der Waals surface area contributed by atoms with Gasteiger partial charge in [0.1, 0.15) is 13.2 Å². The second kappa shape index (κ2) is 8.48. The highest BCUT2D eigenvalue weighted by atomic mass is 17.2. The van der Waals surface area contributed by atoms with Crippen LogP contribution in [-0.2, 0) is 30.6 Å². The SMILES string of the molecule is CCC1(COOCc2ccc(C(=O)OCC3(CC)COC3)cc2)COC1. The van der Waals surface area contributed by atoms with Gasteiger partial charge in [-0.25, -0.2) is 14.6 Å². The van der Waals surface area contributed by atoms with Crippen molar-refractivity contribution < 1.29 is 28.8 Å². The Balaban J connectivity index is 1.39. The van der Waals surface area contributed by atoms with E-state index in [0.29, 0.717) is 38.6 Å². The lowest BCUT2D eigenvalue weighted by atomic mass is 9.84. The second-order valence-electron chi connectivity index (χ2n) is 7.49. The lowest BCUT2D eigenvalue weighted by molar-refractivity contribution is -0.335. The Morgan fingerprint density at radius 3 is 2.00 bits per heavy atom. The van der Waals surface area contributed by atoms with Crippen molar-refractivity contribution in [2.45, 2.75) is 33.3 Å². The number of hydrogen-bond donors (Lipinski definition) is 0. The summed E-state index contributed by atoms with van der Waals surface area (Å²) in [5.74, 6) is -0.302. The summed E-state index contributed by atoms with van der Waals surface area (Å²) in [6.45, 7) is 8.30. The van der Waals surface area contributed by atoms with Crippen LogP contribution in [0.2, 0.25) is 0 Å². The van der Waals surface area contributed by atoms with Gasteiger partial charge < -0.3 is 14.2 Å². The highest BCUT2D eigenvalue weighted by molar-refractivity contribution is 5.89. The molecule has 3 rings (SSSR count). The standard InChI is InChI=1S/C20H28O6/c1-3-19(10-22-11-19)14-24-18(21)17-7-5-16(6-8-17)9-25-26-15-20(4-2)12-23-13-20/h5-8H,3-4,9-15H2,1-2H3. The molecular weight excluding hydrogens is 336 g/mol. The Kier molecular flexibility index (Phi) is 6.29. The van der Waals surface area contributed by atoms with Crippen molar-refractivity contribution in [1.29, 1.82) is 0 Å². The molecule has 0 aromatic heterocycles. The molecule has 2 fully saturated rings. The predicted octanol–water partition coefficient (Wildman–Crippen LogP) is 3.14. The van der Waals surface area contributed by atoms with Gasteiger partial charge in [0.05, 0.1) is 44.0 Å². The van der Waals surface area contributed by atoms with Crippen molar-refractivity contribution in [3.8, 4) is 0 Å². The molecule has 0 radical (unpaired) electrons. The first-order valence-electron chi connectivity index (χ1n) is 9.26. The fourth-order valence-electron chi connectivity index (χ4n) is 2.88. The van der Waals surface area contributed by atoms with Crippen molar-refractivity contribution in [3.05, 3.63) is 35.4 Å². The summed E-state index contributed by atoms with van der Waals surface area (Å²) in [4.78, 5) is 22.8.